The minimum atomic E-state index is 0.126. The normalized spacial score (nSPS) is 22.9. The average molecular weight is 373 g/mol. The van der Waals surface area contributed by atoms with Crippen LogP contribution in [0.25, 0.3) is 0 Å². The first-order chi connectivity index (χ1) is 13.1. The molecule has 0 saturated carbocycles. The van der Waals surface area contributed by atoms with Gasteiger partial charge in [0.1, 0.15) is 0 Å². The van der Waals surface area contributed by atoms with Crippen molar-refractivity contribution in [3.63, 3.8) is 0 Å². The molecule has 0 aromatic carbocycles. The lowest BCUT2D eigenvalue weighted by Gasteiger charge is -2.42. The van der Waals surface area contributed by atoms with E-state index in [0.29, 0.717) is 12.6 Å². The van der Waals surface area contributed by atoms with Crippen molar-refractivity contribution in [1.29, 1.82) is 0 Å². The second-order valence-electron chi connectivity index (χ2n) is 8.63. The predicted molar refractivity (Wildman–Crippen MR) is 109 cm³/mol. The highest BCUT2D eigenvalue weighted by Gasteiger charge is 2.31. The van der Waals surface area contributed by atoms with E-state index in [1.165, 1.54) is 38.9 Å². The molecule has 1 atom stereocenters. The highest BCUT2D eigenvalue weighted by molar-refractivity contribution is 5.78. The number of amides is 1. The summed E-state index contributed by atoms with van der Waals surface area (Å²) in [7, 11) is 0. The molecule has 2 aliphatic rings. The number of nitrogens with zero attached hydrogens (tertiary/aromatic N) is 3. The van der Waals surface area contributed by atoms with Crippen LogP contribution in [0.15, 0.2) is 24.4 Å². The van der Waals surface area contributed by atoms with E-state index in [2.05, 4.69) is 33.9 Å². The topological polar surface area (TPSA) is 48.5 Å². The van der Waals surface area contributed by atoms with E-state index >= 15 is 0 Å². The zero-order valence-electron chi connectivity index (χ0n) is 17.1. The summed E-state index contributed by atoms with van der Waals surface area (Å²) in [5.74, 6) is 1.11. The second kappa shape index (κ2) is 10.2. The molecule has 0 aliphatic carbocycles. The minimum absolute atomic E-state index is 0.126. The highest BCUT2D eigenvalue weighted by Crippen LogP contribution is 2.24. The van der Waals surface area contributed by atoms with E-state index in [9.17, 15) is 4.79 Å². The van der Waals surface area contributed by atoms with Gasteiger partial charge in [0.2, 0.25) is 5.91 Å². The largest absolute Gasteiger partial charge is 0.350 e. The van der Waals surface area contributed by atoms with Crippen molar-refractivity contribution in [3.05, 3.63) is 30.1 Å². The van der Waals surface area contributed by atoms with E-state index < -0.39 is 0 Å². The van der Waals surface area contributed by atoms with E-state index in [-0.39, 0.29) is 11.8 Å². The number of carbonyl (C=O) groups is 1. The molecule has 2 aliphatic heterocycles. The highest BCUT2D eigenvalue weighted by atomic mass is 16.1. The first-order valence-corrected chi connectivity index (χ1v) is 10.8. The molecule has 0 spiro atoms. The minimum Gasteiger partial charge on any atom is -0.350 e. The van der Waals surface area contributed by atoms with Gasteiger partial charge in [0, 0.05) is 18.8 Å². The van der Waals surface area contributed by atoms with Crippen molar-refractivity contribution in [2.45, 2.75) is 58.5 Å². The Morgan fingerprint density at radius 2 is 2.04 bits per heavy atom. The van der Waals surface area contributed by atoms with E-state index in [1.54, 1.807) is 6.20 Å². The fourth-order valence-corrected chi connectivity index (χ4v) is 4.33. The summed E-state index contributed by atoms with van der Waals surface area (Å²) < 4.78 is 0. The van der Waals surface area contributed by atoms with E-state index in [4.69, 9.17) is 0 Å². The summed E-state index contributed by atoms with van der Waals surface area (Å²) in [6.45, 7) is 10.9. The lowest BCUT2D eigenvalue weighted by atomic mass is 9.93. The molecule has 1 aromatic heterocycles. The molecule has 0 bridgehead atoms. The van der Waals surface area contributed by atoms with Gasteiger partial charge < -0.3 is 10.2 Å². The molecular formula is C22H36N4O. The molecule has 5 nitrogen and oxygen atoms in total. The summed E-state index contributed by atoms with van der Waals surface area (Å²) in [5.41, 5.74) is 0.923. The molecule has 1 amide bonds. The number of likely N-dealkylation sites (tertiary alicyclic amines) is 2. The van der Waals surface area contributed by atoms with Crippen molar-refractivity contribution >= 4 is 5.91 Å². The Labute approximate surface area is 164 Å². The number of hydrogen-bond donors (Lipinski definition) is 1. The van der Waals surface area contributed by atoms with Crippen LogP contribution in [0.1, 0.15) is 51.6 Å². The molecular weight excluding hydrogens is 336 g/mol. The maximum absolute atomic E-state index is 12.6. The van der Waals surface area contributed by atoms with Gasteiger partial charge in [-0.3, -0.25) is 14.7 Å². The third-order valence-electron chi connectivity index (χ3n) is 6.09. The Bertz CT molecular complexity index is 569. The first-order valence-electron chi connectivity index (χ1n) is 10.8. The third kappa shape index (κ3) is 6.28. The summed E-state index contributed by atoms with van der Waals surface area (Å²) in [5, 5.41) is 3.09. The Hall–Kier alpha value is -1.46. The lowest BCUT2D eigenvalue weighted by Crippen LogP contribution is -2.50. The Kier molecular flexibility index (Phi) is 7.65. The van der Waals surface area contributed by atoms with Crippen molar-refractivity contribution < 1.29 is 4.79 Å². The van der Waals surface area contributed by atoms with Gasteiger partial charge in [-0.15, -0.1) is 0 Å². The summed E-state index contributed by atoms with van der Waals surface area (Å²) in [4.78, 5) is 22.1. The molecule has 5 heteroatoms. The van der Waals surface area contributed by atoms with Crippen molar-refractivity contribution in [2.75, 3.05) is 32.7 Å². The molecule has 0 radical (unpaired) electrons. The Balaban J connectivity index is 1.42. The van der Waals surface area contributed by atoms with E-state index in [0.717, 1.165) is 37.5 Å². The second-order valence-corrected chi connectivity index (χ2v) is 8.63. The van der Waals surface area contributed by atoms with Gasteiger partial charge >= 0.3 is 0 Å². The van der Waals surface area contributed by atoms with Gasteiger partial charge in [0.25, 0.3) is 0 Å². The zero-order valence-corrected chi connectivity index (χ0v) is 17.1. The van der Waals surface area contributed by atoms with Gasteiger partial charge in [-0.05, 0) is 76.3 Å². The molecule has 27 heavy (non-hydrogen) atoms. The SMILES string of the molecule is CC(C)CCN1CCC(N2CCCC(C(=O)NCc3ccccn3)C2)CC1. The number of aromatic nitrogens is 1. The monoisotopic (exact) mass is 372 g/mol. The summed E-state index contributed by atoms with van der Waals surface area (Å²) in [6, 6.07) is 6.48. The van der Waals surface area contributed by atoms with Crippen LogP contribution in [0.2, 0.25) is 0 Å². The molecule has 2 saturated heterocycles. The molecule has 1 N–H and O–H groups in total. The summed E-state index contributed by atoms with van der Waals surface area (Å²) in [6.07, 6.45) is 7.72. The zero-order chi connectivity index (χ0) is 19.1. The Morgan fingerprint density at radius 1 is 1.22 bits per heavy atom. The lowest BCUT2D eigenvalue weighted by molar-refractivity contribution is -0.127. The van der Waals surface area contributed by atoms with Crippen LogP contribution in [0.4, 0.5) is 0 Å². The van der Waals surface area contributed by atoms with Gasteiger partial charge in [-0.1, -0.05) is 19.9 Å². The molecule has 1 unspecified atom stereocenters. The van der Waals surface area contributed by atoms with Crippen LogP contribution < -0.4 is 5.32 Å². The number of piperidine rings is 2. The molecule has 2 fully saturated rings. The van der Waals surface area contributed by atoms with Crippen LogP contribution in [0.5, 0.6) is 0 Å². The van der Waals surface area contributed by atoms with Crippen molar-refractivity contribution in [1.82, 2.24) is 20.1 Å². The van der Waals surface area contributed by atoms with Crippen molar-refractivity contribution in [2.24, 2.45) is 11.8 Å². The molecule has 3 rings (SSSR count). The van der Waals surface area contributed by atoms with Crippen LogP contribution in [-0.2, 0) is 11.3 Å². The predicted octanol–water partition coefficient (Wildman–Crippen LogP) is 2.92. The number of nitrogens with one attached hydrogen (secondary N) is 1. The fourth-order valence-electron chi connectivity index (χ4n) is 4.33. The first kappa shape index (κ1) is 20.3. The van der Waals surface area contributed by atoms with Crippen LogP contribution in [-0.4, -0.2) is 59.5 Å². The third-order valence-corrected chi connectivity index (χ3v) is 6.09. The maximum Gasteiger partial charge on any atom is 0.224 e. The standard InChI is InChI=1S/C22H36N4O/c1-18(2)8-13-25-14-9-21(10-15-25)26-12-5-6-19(17-26)22(27)24-16-20-7-3-4-11-23-20/h3-4,7,11,18-19,21H,5-6,8-10,12-17H2,1-2H3,(H,24,27). The van der Waals surface area contributed by atoms with Crippen LogP contribution in [0, 0.1) is 11.8 Å². The van der Waals surface area contributed by atoms with Gasteiger partial charge in [0.05, 0.1) is 18.2 Å². The summed E-state index contributed by atoms with van der Waals surface area (Å²) >= 11 is 0. The van der Waals surface area contributed by atoms with Crippen LogP contribution in [0.3, 0.4) is 0 Å². The van der Waals surface area contributed by atoms with Gasteiger partial charge in [-0.25, -0.2) is 0 Å². The smallest absolute Gasteiger partial charge is 0.224 e. The quantitative estimate of drug-likeness (QED) is 0.799. The average Bonchev–Trinajstić information content (AvgIpc) is 2.71. The van der Waals surface area contributed by atoms with Crippen LogP contribution >= 0.6 is 0 Å². The number of pyridine rings is 1. The molecule has 1 aromatic rings. The molecule has 150 valence electrons. The fraction of sp³-hybridized carbons (Fsp3) is 0.727. The number of hydrogen-bond acceptors (Lipinski definition) is 4. The van der Waals surface area contributed by atoms with Gasteiger partial charge in [0.15, 0.2) is 0 Å². The van der Waals surface area contributed by atoms with E-state index in [1.807, 2.05) is 18.2 Å². The molecule has 3 heterocycles. The van der Waals surface area contributed by atoms with Crippen molar-refractivity contribution in [3.8, 4) is 0 Å². The number of carbonyl (C=O) groups excluding carboxylic acids is 1. The number of rotatable bonds is 7. The Morgan fingerprint density at radius 3 is 2.74 bits per heavy atom. The maximum atomic E-state index is 12.6. The van der Waals surface area contributed by atoms with Gasteiger partial charge in [-0.2, -0.15) is 0 Å².